The molecular formula is C33H37N4O7S-. The molecule has 2 amide bonds. The molecule has 0 aliphatic heterocycles. The molecular weight excluding hydrogens is 596 g/mol. The van der Waals surface area contributed by atoms with Gasteiger partial charge in [0.05, 0.1) is 16.6 Å². The number of benzene rings is 2. The zero-order valence-corrected chi connectivity index (χ0v) is 27.6. The Labute approximate surface area is 265 Å². The number of hydrogen-bond donors (Lipinski definition) is 0. The van der Waals surface area contributed by atoms with Gasteiger partial charge in [0.15, 0.2) is 17.3 Å². The van der Waals surface area contributed by atoms with Crippen molar-refractivity contribution in [1.29, 1.82) is 0 Å². The quantitative estimate of drug-likeness (QED) is 0.195. The van der Waals surface area contributed by atoms with Crippen LogP contribution in [0.4, 0.5) is 15.4 Å². The second-order valence-corrected chi connectivity index (χ2v) is 14.5. The van der Waals surface area contributed by atoms with Crippen molar-refractivity contribution < 1.29 is 32.3 Å². The van der Waals surface area contributed by atoms with Crippen LogP contribution in [-0.2, 0) is 25.3 Å². The highest BCUT2D eigenvalue weighted by molar-refractivity contribution is 7.80. The first-order valence-electron chi connectivity index (χ1n) is 14.2. The molecule has 12 heteroatoms. The largest absolute Gasteiger partial charge is 0.772 e. The van der Waals surface area contributed by atoms with E-state index in [1.807, 2.05) is 31.2 Å². The first-order valence-corrected chi connectivity index (χ1v) is 15.3. The molecule has 4 aromatic rings. The summed E-state index contributed by atoms with van der Waals surface area (Å²) in [5.74, 6) is -0.0556. The summed E-state index contributed by atoms with van der Waals surface area (Å²) < 4.78 is 39.3. The number of rotatable bonds is 6. The van der Waals surface area contributed by atoms with E-state index in [0.29, 0.717) is 27.4 Å². The zero-order chi connectivity index (χ0) is 33.3. The molecule has 2 heterocycles. The third-order valence-electron chi connectivity index (χ3n) is 6.50. The van der Waals surface area contributed by atoms with Crippen molar-refractivity contribution in [2.24, 2.45) is 0 Å². The summed E-state index contributed by atoms with van der Waals surface area (Å²) in [6, 6.07) is 16.1. The van der Waals surface area contributed by atoms with E-state index in [0.717, 1.165) is 11.1 Å². The Hall–Kier alpha value is -4.42. The number of nitrogens with zero attached hydrogens (tertiary/aromatic N) is 4. The number of imide groups is 1. The molecule has 1 unspecified atom stereocenters. The molecule has 0 bridgehead atoms. The Bertz CT molecular complexity index is 1690. The maximum atomic E-state index is 13.5. The van der Waals surface area contributed by atoms with E-state index >= 15 is 0 Å². The third kappa shape index (κ3) is 8.00. The van der Waals surface area contributed by atoms with Crippen LogP contribution in [0.5, 0.6) is 0 Å². The van der Waals surface area contributed by atoms with Crippen LogP contribution in [0.1, 0.15) is 66.5 Å². The fraction of sp³-hybridized carbons (Fsp3) is 0.364. The smallest absolute Gasteiger partial charge is 0.425 e. The third-order valence-corrected chi connectivity index (χ3v) is 7.57. The van der Waals surface area contributed by atoms with E-state index in [4.69, 9.17) is 19.0 Å². The van der Waals surface area contributed by atoms with E-state index in [-0.39, 0.29) is 17.3 Å². The van der Waals surface area contributed by atoms with Crippen molar-refractivity contribution >= 4 is 29.1 Å². The van der Waals surface area contributed by atoms with Gasteiger partial charge in [0, 0.05) is 17.2 Å². The number of carbonyl (C=O) groups is 2. The Morgan fingerprint density at radius 2 is 1.33 bits per heavy atom. The molecule has 0 aliphatic rings. The van der Waals surface area contributed by atoms with Gasteiger partial charge in [0.25, 0.3) is 0 Å². The van der Waals surface area contributed by atoms with Crippen molar-refractivity contribution in [3.05, 3.63) is 71.9 Å². The van der Waals surface area contributed by atoms with Crippen molar-refractivity contribution in [1.82, 2.24) is 15.1 Å². The van der Waals surface area contributed by atoms with E-state index in [2.05, 4.69) is 10.1 Å². The van der Waals surface area contributed by atoms with E-state index in [1.165, 1.54) is 6.20 Å². The molecule has 0 spiro atoms. The zero-order valence-electron chi connectivity index (χ0n) is 26.8. The monoisotopic (exact) mass is 633 g/mol. The van der Waals surface area contributed by atoms with Gasteiger partial charge in [-0.25, -0.2) is 19.6 Å². The summed E-state index contributed by atoms with van der Waals surface area (Å²) in [4.78, 5) is 37.0. The highest BCUT2D eigenvalue weighted by Crippen LogP contribution is 2.35. The van der Waals surface area contributed by atoms with Crippen molar-refractivity contribution in [3.63, 3.8) is 0 Å². The number of carbonyl (C=O) groups excluding carboxylic acids is 2. The number of amides is 2. The Balaban J connectivity index is 1.89. The SMILES string of the molecule is Cc1ccc(-c2cc(-c3nc(-c4ccc(C(C)(C)S(=O)[O-])cc4)cnc3N(C(=O)OC(C)(C)C)C(=O)OC(C)(C)C)on2)cc1. The topological polar surface area (TPSA) is 148 Å². The molecule has 0 radical (unpaired) electrons. The normalized spacial score (nSPS) is 12.8. The minimum absolute atomic E-state index is 0.0279. The molecule has 4 rings (SSSR count). The average Bonchev–Trinajstić information content (AvgIpc) is 3.42. The lowest BCUT2D eigenvalue weighted by Crippen LogP contribution is -2.44. The Kier molecular flexibility index (Phi) is 9.32. The Morgan fingerprint density at radius 1 is 0.822 bits per heavy atom. The molecule has 0 saturated heterocycles. The van der Waals surface area contributed by atoms with Crippen LogP contribution in [0.15, 0.2) is 65.3 Å². The summed E-state index contributed by atoms with van der Waals surface area (Å²) in [7, 11) is 0. The van der Waals surface area contributed by atoms with Gasteiger partial charge in [-0.15, -0.1) is 0 Å². The predicted octanol–water partition coefficient (Wildman–Crippen LogP) is 7.56. The summed E-state index contributed by atoms with van der Waals surface area (Å²) in [6.45, 7) is 15.2. The van der Waals surface area contributed by atoms with Gasteiger partial charge >= 0.3 is 12.2 Å². The summed E-state index contributed by atoms with van der Waals surface area (Å²) in [6.07, 6.45) is -0.643. The molecule has 11 nitrogen and oxygen atoms in total. The van der Waals surface area contributed by atoms with E-state index < -0.39 is 39.2 Å². The maximum absolute atomic E-state index is 13.5. The lowest BCUT2D eigenvalue weighted by molar-refractivity contribution is 0.0429. The average molecular weight is 634 g/mol. The first-order chi connectivity index (χ1) is 20.9. The highest BCUT2D eigenvalue weighted by Gasteiger charge is 2.37. The fourth-order valence-electron chi connectivity index (χ4n) is 4.10. The molecule has 238 valence electrons. The van der Waals surface area contributed by atoms with Gasteiger partial charge in [-0.1, -0.05) is 59.3 Å². The number of anilines is 1. The maximum Gasteiger partial charge on any atom is 0.425 e. The van der Waals surface area contributed by atoms with Crippen molar-refractivity contribution in [3.8, 4) is 34.0 Å². The van der Waals surface area contributed by atoms with Crippen LogP contribution < -0.4 is 4.90 Å². The molecule has 0 saturated carbocycles. The number of hydrogen-bond acceptors (Lipinski definition) is 10. The minimum atomic E-state index is -2.34. The molecule has 0 fully saturated rings. The molecule has 0 aliphatic carbocycles. The van der Waals surface area contributed by atoms with Crippen LogP contribution in [-0.4, -0.2) is 47.3 Å². The molecule has 2 aromatic heterocycles. The van der Waals surface area contributed by atoms with Crippen molar-refractivity contribution in [2.75, 3.05) is 4.90 Å². The standard InChI is InChI=1S/C33H38N4O7S/c1-20-10-12-21(13-11-20)24-18-26(44-36-24)27-28(37(29(38)42-31(2,3)4)30(39)43-32(5,6)7)34-19-25(35-27)22-14-16-23(17-15-22)33(8,9)45(40)41/h10-19H,1-9H3,(H,40,41)/p-1. The van der Waals surface area contributed by atoms with Crippen LogP contribution in [0, 0.1) is 6.92 Å². The van der Waals surface area contributed by atoms with Gasteiger partial charge in [-0.2, -0.15) is 4.90 Å². The van der Waals surface area contributed by atoms with E-state index in [9.17, 15) is 18.4 Å². The van der Waals surface area contributed by atoms with Gasteiger partial charge in [-0.3, -0.25) is 4.21 Å². The lowest BCUT2D eigenvalue weighted by atomic mass is 10.00. The van der Waals surface area contributed by atoms with Gasteiger partial charge in [0.1, 0.15) is 16.9 Å². The summed E-state index contributed by atoms with van der Waals surface area (Å²) in [5, 5.41) is 4.21. The van der Waals surface area contributed by atoms with Crippen LogP contribution in [0.25, 0.3) is 34.0 Å². The molecule has 2 aromatic carbocycles. The van der Waals surface area contributed by atoms with Crippen molar-refractivity contribution in [2.45, 2.75) is 78.3 Å². The highest BCUT2D eigenvalue weighted by atomic mass is 32.2. The van der Waals surface area contributed by atoms with Gasteiger partial charge in [0.2, 0.25) is 0 Å². The molecule has 0 N–H and O–H groups in total. The Morgan fingerprint density at radius 3 is 1.84 bits per heavy atom. The second kappa shape index (κ2) is 12.5. The van der Waals surface area contributed by atoms with Crippen LogP contribution >= 0.6 is 0 Å². The number of aromatic nitrogens is 3. The molecule has 1 atom stereocenters. The first kappa shape index (κ1) is 33.5. The predicted molar refractivity (Wildman–Crippen MR) is 170 cm³/mol. The number of aryl methyl sites for hydroxylation is 1. The minimum Gasteiger partial charge on any atom is -0.772 e. The molecule has 45 heavy (non-hydrogen) atoms. The van der Waals surface area contributed by atoms with E-state index in [1.54, 1.807) is 85.7 Å². The second-order valence-electron chi connectivity index (χ2n) is 13.0. The van der Waals surface area contributed by atoms with Gasteiger partial charge < -0.3 is 18.5 Å². The van der Waals surface area contributed by atoms with Crippen LogP contribution in [0.3, 0.4) is 0 Å². The van der Waals surface area contributed by atoms with Crippen LogP contribution in [0.2, 0.25) is 0 Å². The summed E-state index contributed by atoms with van der Waals surface area (Å²) in [5.41, 5.74) is 2.05. The lowest BCUT2D eigenvalue weighted by Gasteiger charge is -2.28. The fourth-order valence-corrected chi connectivity index (χ4v) is 4.43. The summed E-state index contributed by atoms with van der Waals surface area (Å²) >= 11 is -2.34. The van der Waals surface area contributed by atoms with Gasteiger partial charge in [-0.05, 0) is 79.0 Å². The number of ether oxygens (including phenoxy) is 2.